The summed E-state index contributed by atoms with van der Waals surface area (Å²) in [4.78, 5) is 29.0. The van der Waals surface area contributed by atoms with Crippen LogP contribution in [0.5, 0.6) is 0 Å². The molecule has 216 valence electrons. The van der Waals surface area contributed by atoms with Gasteiger partial charge in [0.25, 0.3) is 26.0 Å². The zero-order valence-corrected chi connectivity index (χ0v) is 24.4. The van der Waals surface area contributed by atoms with E-state index in [4.69, 9.17) is 0 Å². The van der Waals surface area contributed by atoms with Crippen molar-refractivity contribution in [1.82, 2.24) is 9.66 Å². The van der Waals surface area contributed by atoms with Crippen molar-refractivity contribution < 1.29 is 26.4 Å². The first kappa shape index (κ1) is 31.0. The number of anilines is 2. The van der Waals surface area contributed by atoms with Crippen molar-refractivity contribution in [2.75, 3.05) is 10.6 Å². The summed E-state index contributed by atoms with van der Waals surface area (Å²) in [5.41, 5.74) is 2.75. The van der Waals surface area contributed by atoms with Crippen LogP contribution in [0.15, 0.2) is 92.8 Å². The molecule has 0 aliphatic rings. The van der Waals surface area contributed by atoms with Gasteiger partial charge in [0.1, 0.15) is 5.71 Å². The Balaban J connectivity index is 1.51. The number of nitrogens with one attached hydrogen (secondary N) is 4. The zero-order chi connectivity index (χ0) is 30.2. The Morgan fingerprint density at radius 1 is 0.634 bits per heavy atom. The van der Waals surface area contributed by atoms with Gasteiger partial charge >= 0.3 is 0 Å². The van der Waals surface area contributed by atoms with Gasteiger partial charge in [-0.25, -0.2) is 4.83 Å². The fourth-order valence-electron chi connectivity index (χ4n) is 3.19. The number of hydrogen-bond acceptors (Lipinski definition) is 8. The fraction of sp³-hybridized carbons (Fsp3) is 0.185. The monoisotopic (exact) mass is 598 g/mol. The first-order chi connectivity index (χ1) is 19.2. The second kappa shape index (κ2) is 13.2. The molecule has 0 aliphatic carbocycles. The van der Waals surface area contributed by atoms with Gasteiger partial charge in [-0.2, -0.15) is 31.9 Å². The van der Waals surface area contributed by atoms with E-state index in [1.54, 1.807) is 36.4 Å². The molecule has 4 N–H and O–H groups in total. The molecule has 0 atom stereocenters. The Bertz CT molecular complexity index is 1680. The van der Waals surface area contributed by atoms with Gasteiger partial charge in [-0.05, 0) is 76.2 Å². The Morgan fingerprint density at radius 2 is 1.05 bits per heavy atom. The minimum atomic E-state index is -3.93. The molecule has 0 saturated carbocycles. The predicted octanol–water partition coefficient (Wildman–Crippen LogP) is 3.28. The molecule has 3 aromatic carbocycles. The molecule has 0 unspecified atom stereocenters. The van der Waals surface area contributed by atoms with Crippen LogP contribution < -0.4 is 20.3 Å². The standard InChI is InChI=1S/C27H30N6O6S2/c1-18-5-13-24(14-6-18)40(36,37)32-30-20(3)17-26(34)28-22-9-11-23(12-10-22)29-27(35)21(4)31-33-41(38,39)25-15-7-19(2)8-16-25/h5-16,32-33H,17H2,1-4H3,(H,28,34)(H,29,35)/b30-20?,31-21+. The average molecular weight is 599 g/mol. The molecule has 0 bridgehead atoms. The van der Waals surface area contributed by atoms with Crippen molar-refractivity contribution in [1.29, 1.82) is 0 Å². The van der Waals surface area contributed by atoms with Crippen LogP contribution >= 0.6 is 0 Å². The number of amides is 2. The lowest BCUT2D eigenvalue weighted by atomic mass is 10.2. The van der Waals surface area contributed by atoms with Gasteiger partial charge in [0.15, 0.2) is 0 Å². The van der Waals surface area contributed by atoms with E-state index < -0.39 is 31.9 Å². The molecule has 14 heteroatoms. The van der Waals surface area contributed by atoms with E-state index in [-0.39, 0.29) is 27.6 Å². The Morgan fingerprint density at radius 3 is 1.51 bits per heavy atom. The highest BCUT2D eigenvalue weighted by Gasteiger charge is 2.15. The van der Waals surface area contributed by atoms with Gasteiger partial charge in [0.05, 0.1) is 16.2 Å². The minimum absolute atomic E-state index is 0.0164. The summed E-state index contributed by atoms with van der Waals surface area (Å²) in [5, 5.41) is 12.7. The summed E-state index contributed by atoms with van der Waals surface area (Å²) in [6, 6.07) is 18.6. The van der Waals surface area contributed by atoms with Gasteiger partial charge in [0, 0.05) is 17.1 Å². The van der Waals surface area contributed by atoms with Gasteiger partial charge in [-0.3, -0.25) is 9.59 Å². The van der Waals surface area contributed by atoms with Crippen molar-refractivity contribution in [2.24, 2.45) is 10.2 Å². The maximum absolute atomic E-state index is 12.4. The number of hydrogen-bond donors (Lipinski definition) is 4. The third-order valence-electron chi connectivity index (χ3n) is 5.52. The molecule has 0 heterocycles. The van der Waals surface area contributed by atoms with Crippen LogP contribution in [0.1, 0.15) is 31.4 Å². The normalized spacial score (nSPS) is 12.4. The highest BCUT2D eigenvalue weighted by atomic mass is 32.2. The number of sulfonamides is 2. The van der Waals surface area contributed by atoms with Crippen LogP contribution in [0.4, 0.5) is 11.4 Å². The molecule has 0 saturated heterocycles. The van der Waals surface area contributed by atoms with E-state index >= 15 is 0 Å². The molecule has 0 radical (unpaired) electrons. The third-order valence-corrected chi connectivity index (χ3v) is 7.97. The number of rotatable bonds is 11. The lowest BCUT2D eigenvalue weighted by molar-refractivity contribution is -0.115. The first-order valence-electron chi connectivity index (χ1n) is 12.2. The van der Waals surface area contributed by atoms with Crippen molar-refractivity contribution in [3.63, 3.8) is 0 Å². The number of carbonyl (C=O) groups excluding carboxylic acids is 2. The van der Waals surface area contributed by atoms with Crippen molar-refractivity contribution in [2.45, 2.75) is 43.9 Å². The first-order valence-corrected chi connectivity index (χ1v) is 15.2. The van der Waals surface area contributed by atoms with Crippen LogP contribution in [-0.2, 0) is 29.6 Å². The van der Waals surface area contributed by atoms with Crippen LogP contribution in [0.2, 0.25) is 0 Å². The van der Waals surface area contributed by atoms with Gasteiger partial charge < -0.3 is 10.6 Å². The summed E-state index contributed by atoms with van der Waals surface area (Å²) in [5.74, 6) is -1.06. The molecule has 0 aliphatic heterocycles. The molecular formula is C27H30N6O6S2. The molecule has 3 rings (SSSR count). The van der Waals surface area contributed by atoms with Crippen LogP contribution in [-0.4, -0.2) is 40.1 Å². The lowest BCUT2D eigenvalue weighted by Crippen LogP contribution is -2.26. The number of hydrazone groups is 2. The number of nitrogens with zero attached hydrogens (tertiary/aromatic N) is 2. The van der Waals surface area contributed by atoms with E-state index in [2.05, 4.69) is 25.7 Å². The van der Waals surface area contributed by atoms with Crippen molar-refractivity contribution in [3.05, 3.63) is 83.9 Å². The van der Waals surface area contributed by atoms with E-state index in [0.717, 1.165) is 11.1 Å². The van der Waals surface area contributed by atoms with E-state index in [1.165, 1.54) is 50.2 Å². The SMILES string of the molecule is CC(CC(=O)Nc1ccc(NC(=O)/C(C)=N/NS(=O)(=O)c2ccc(C)cc2)cc1)=NNS(=O)(=O)c1ccc(C)cc1. The molecule has 3 aromatic rings. The summed E-state index contributed by atoms with van der Waals surface area (Å²) in [6.45, 7) is 6.54. The largest absolute Gasteiger partial charge is 0.326 e. The van der Waals surface area contributed by atoms with Crippen LogP contribution in [0, 0.1) is 13.8 Å². The fourth-order valence-corrected chi connectivity index (χ4v) is 4.93. The summed E-state index contributed by atoms with van der Waals surface area (Å²) < 4.78 is 49.4. The van der Waals surface area contributed by atoms with Gasteiger partial charge in [-0.15, -0.1) is 0 Å². The topological polar surface area (TPSA) is 175 Å². The molecule has 12 nitrogen and oxygen atoms in total. The average Bonchev–Trinajstić information content (AvgIpc) is 2.92. The van der Waals surface area contributed by atoms with E-state index in [0.29, 0.717) is 11.4 Å². The highest BCUT2D eigenvalue weighted by molar-refractivity contribution is 7.89. The van der Waals surface area contributed by atoms with E-state index in [1.807, 2.05) is 18.7 Å². The lowest BCUT2D eigenvalue weighted by Gasteiger charge is -2.09. The zero-order valence-electron chi connectivity index (χ0n) is 22.8. The van der Waals surface area contributed by atoms with Crippen LogP contribution in [0.25, 0.3) is 0 Å². The summed E-state index contributed by atoms with van der Waals surface area (Å²) in [7, 11) is -7.79. The Kier molecular flexibility index (Phi) is 9.97. The number of carbonyl (C=O) groups is 2. The number of aryl methyl sites for hydroxylation is 2. The van der Waals surface area contributed by atoms with Crippen molar-refractivity contribution in [3.8, 4) is 0 Å². The molecule has 0 spiro atoms. The smallest absolute Gasteiger partial charge is 0.276 e. The highest BCUT2D eigenvalue weighted by Crippen LogP contribution is 2.15. The quantitative estimate of drug-likeness (QED) is 0.195. The molecule has 41 heavy (non-hydrogen) atoms. The van der Waals surface area contributed by atoms with Gasteiger partial charge in [0.2, 0.25) is 5.91 Å². The maximum Gasteiger partial charge on any atom is 0.276 e. The predicted molar refractivity (Wildman–Crippen MR) is 158 cm³/mol. The minimum Gasteiger partial charge on any atom is -0.326 e. The molecular weight excluding hydrogens is 568 g/mol. The summed E-state index contributed by atoms with van der Waals surface area (Å²) in [6.07, 6.45) is -0.164. The van der Waals surface area contributed by atoms with Gasteiger partial charge in [-0.1, -0.05) is 35.4 Å². The Hall–Kier alpha value is -4.56. The maximum atomic E-state index is 12.4. The molecule has 2 amide bonds. The van der Waals surface area contributed by atoms with Crippen molar-refractivity contribution >= 4 is 54.7 Å². The second-order valence-electron chi connectivity index (χ2n) is 9.12. The number of benzene rings is 3. The van der Waals surface area contributed by atoms with E-state index in [9.17, 15) is 26.4 Å². The summed E-state index contributed by atoms with van der Waals surface area (Å²) >= 11 is 0. The Labute approximate surface area is 239 Å². The van der Waals surface area contributed by atoms with Crippen LogP contribution in [0.3, 0.4) is 0 Å². The second-order valence-corrected chi connectivity index (χ2v) is 12.4. The third kappa shape index (κ3) is 9.25. The molecule has 0 fully saturated rings. The molecule has 0 aromatic heterocycles.